The number of amides is 1. The van der Waals surface area contributed by atoms with Gasteiger partial charge in [0.25, 0.3) is 0 Å². The van der Waals surface area contributed by atoms with E-state index < -0.39 is 0 Å². The summed E-state index contributed by atoms with van der Waals surface area (Å²) >= 11 is 0. The van der Waals surface area contributed by atoms with Crippen LogP contribution in [0.4, 0.5) is 0 Å². The van der Waals surface area contributed by atoms with Crippen LogP contribution in [0.3, 0.4) is 0 Å². The first kappa shape index (κ1) is 17.3. The van der Waals surface area contributed by atoms with Gasteiger partial charge in [-0.15, -0.1) is 0 Å². The Labute approximate surface area is 145 Å². The zero-order chi connectivity index (χ0) is 16.8. The first-order valence-electron chi connectivity index (χ1n) is 9.52. The van der Waals surface area contributed by atoms with Crippen LogP contribution in [0.25, 0.3) is 0 Å². The molecule has 1 aliphatic carbocycles. The van der Waals surface area contributed by atoms with E-state index >= 15 is 0 Å². The SMILES string of the molecule is Cc1nccc(C2CCN(CCC(=O)NC3CCCCC3)CC2)n1. The molecule has 0 atom stereocenters. The third-order valence-electron chi connectivity index (χ3n) is 5.43. The molecule has 0 bridgehead atoms. The Bertz CT molecular complexity index is 534. The maximum atomic E-state index is 12.1. The quantitative estimate of drug-likeness (QED) is 0.902. The van der Waals surface area contributed by atoms with Crippen molar-refractivity contribution in [3.8, 4) is 0 Å². The summed E-state index contributed by atoms with van der Waals surface area (Å²) in [7, 11) is 0. The number of aromatic nitrogens is 2. The third-order valence-corrected chi connectivity index (χ3v) is 5.43. The highest BCUT2D eigenvalue weighted by molar-refractivity contribution is 5.76. The Morgan fingerprint density at radius 1 is 1.21 bits per heavy atom. The second kappa shape index (κ2) is 8.56. The molecule has 1 aliphatic heterocycles. The molecule has 1 aromatic rings. The van der Waals surface area contributed by atoms with Crippen molar-refractivity contribution in [3.05, 3.63) is 23.8 Å². The van der Waals surface area contributed by atoms with Gasteiger partial charge in [0.1, 0.15) is 5.82 Å². The van der Waals surface area contributed by atoms with Gasteiger partial charge in [0.2, 0.25) is 5.91 Å². The van der Waals surface area contributed by atoms with E-state index in [0.717, 1.165) is 51.1 Å². The van der Waals surface area contributed by atoms with Crippen LogP contribution in [-0.4, -0.2) is 46.5 Å². The highest BCUT2D eigenvalue weighted by Crippen LogP contribution is 2.26. The van der Waals surface area contributed by atoms with Crippen LogP contribution in [0.15, 0.2) is 12.3 Å². The molecule has 2 aliphatic rings. The second-order valence-corrected chi connectivity index (χ2v) is 7.30. The van der Waals surface area contributed by atoms with Crippen molar-refractivity contribution in [1.82, 2.24) is 20.2 Å². The van der Waals surface area contributed by atoms with Crippen molar-refractivity contribution in [2.75, 3.05) is 19.6 Å². The summed E-state index contributed by atoms with van der Waals surface area (Å²) in [4.78, 5) is 23.3. The molecule has 1 aromatic heterocycles. The van der Waals surface area contributed by atoms with Gasteiger partial charge in [0.15, 0.2) is 0 Å². The van der Waals surface area contributed by atoms with E-state index in [1.165, 1.54) is 25.0 Å². The van der Waals surface area contributed by atoms with Crippen LogP contribution in [-0.2, 0) is 4.79 Å². The summed E-state index contributed by atoms with van der Waals surface area (Å²) in [5, 5.41) is 3.22. The maximum absolute atomic E-state index is 12.1. The summed E-state index contributed by atoms with van der Waals surface area (Å²) < 4.78 is 0. The van der Waals surface area contributed by atoms with Gasteiger partial charge in [-0.05, 0) is 51.8 Å². The van der Waals surface area contributed by atoms with E-state index in [4.69, 9.17) is 0 Å². The lowest BCUT2D eigenvalue weighted by Gasteiger charge is -2.31. The van der Waals surface area contributed by atoms with Gasteiger partial charge in [0.05, 0.1) is 0 Å². The van der Waals surface area contributed by atoms with Crippen LogP contribution in [0.2, 0.25) is 0 Å². The highest BCUT2D eigenvalue weighted by Gasteiger charge is 2.22. The number of nitrogens with one attached hydrogen (secondary N) is 1. The highest BCUT2D eigenvalue weighted by atomic mass is 16.1. The molecule has 24 heavy (non-hydrogen) atoms. The normalized spacial score (nSPS) is 20.9. The van der Waals surface area contributed by atoms with Crippen LogP contribution in [0, 0.1) is 6.92 Å². The summed E-state index contributed by atoms with van der Waals surface area (Å²) in [5.41, 5.74) is 1.18. The predicted octanol–water partition coefficient (Wildman–Crippen LogP) is 2.80. The minimum atomic E-state index is 0.232. The monoisotopic (exact) mass is 330 g/mol. The Hall–Kier alpha value is -1.49. The lowest BCUT2D eigenvalue weighted by Crippen LogP contribution is -2.39. The minimum Gasteiger partial charge on any atom is -0.353 e. The third kappa shape index (κ3) is 5.00. The van der Waals surface area contributed by atoms with Gasteiger partial charge in [-0.3, -0.25) is 4.79 Å². The molecule has 1 saturated heterocycles. The van der Waals surface area contributed by atoms with Gasteiger partial charge in [-0.2, -0.15) is 0 Å². The molecule has 1 amide bonds. The number of likely N-dealkylation sites (tertiary alicyclic amines) is 1. The fourth-order valence-electron chi connectivity index (χ4n) is 3.96. The van der Waals surface area contributed by atoms with E-state index in [0.29, 0.717) is 18.4 Å². The molecule has 2 heterocycles. The summed E-state index contributed by atoms with van der Waals surface area (Å²) in [6.45, 7) is 4.95. The Kier molecular flexibility index (Phi) is 6.18. The standard InChI is InChI=1S/C19H30N4O/c1-15-20-11-7-18(21-15)16-8-12-23(13-9-16)14-10-19(24)22-17-5-3-2-4-6-17/h7,11,16-17H,2-6,8-10,12-14H2,1H3,(H,22,24). The van der Waals surface area contributed by atoms with Crippen molar-refractivity contribution in [2.24, 2.45) is 0 Å². The number of aryl methyl sites for hydroxylation is 1. The molecule has 0 radical (unpaired) electrons. The number of nitrogens with zero attached hydrogens (tertiary/aromatic N) is 3. The number of carbonyl (C=O) groups excluding carboxylic acids is 1. The number of carbonyl (C=O) groups is 1. The molecular weight excluding hydrogens is 300 g/mol. The maximum Gasteiger partial charge on any atom is 0.221 e. The van der Waals surface area contributed by atoms with Crippen molar-refractivity contribution >= 4 is 5.91 Å². The fourth-order valence-corrected chi connectivity index (χ4v) is 3.96. The fraction of sp³-hybridized carbons (Fsp3) is 0.737. The van der Waals surface area contributed by atoms with E-state index in [2.05, 4.69) is 20.2 Å². The van der Waals surface area contributed by atoms with Crippen LogP contribution >= 0.6 is 0 Å². The zero-order valence-electron chi connectivity index (χ0n) is 14.8. The predicted molar refractivity (Wildman–Crippen MR) is 94.8 cm³/mol. The average Bonchev–Trinajstić information content (AvgIpc) is 2.61. The molecule has 5 nitrogen and oxygen atoms in total. The number of hydrogen-bond acceptors (Lipinski definition) is 4. The minimum absolute atomic E-state index is 0.232. The number of hydrogen-bond donors (Lipinski definition) is 1. The first-order valence-corrected chi connectivity index (χ1v) is 9.52. The van der Waals surface area contributed by atoms with E-state index in [9.17, 15) is 4.79 Å². The van der Waals surface area contributed by atoms with Crippen molar-refractivity contribution in [1.29, 1.82) is 0 Å². The largest absolute Gasteiger partial charge is 0.353 e. The van der Waals surface area contributed by atoms with E-state index in [1.807, 2.05) is 19.2 Å². The lowest BCUT2D eigenvalue weighted by molar-refractivity contribution is -0.122. The summed E-state index contributed by atoms with van der Waals surface area (Å²) in [6, 6.07) is 2.48. The first-order chi connectivity index (χ1) is 11.7. The molecular formula is C19H30N4O. The van der Waals surface area contributed by atoms with Gasteiger partial charge in [0, 0.05) is 36.8 Å². The van der Waals surface area contributed by atoms with Crippen LogP contribution in [0.5, 0.6) is 0 Å². The molecule has 3 rings (SSSR count). The summed E-state index contributed by atoms with van der Waals surface area (Å²) in [6.07, 6.45) is 10.9. The number of piperidine rings is 1. The van der Waals surface area contributed by atoms with Gasteiger partial charge in [-0.25, -0.2) is 9.97 Å². The Balaban J connectivity index is 1.37. The van der Waals surface area contributed by atoms with Crippen LogP contribution in [0.1, 0.15) is 68.8 Å². The molecule has 5 heteroatoms. The van der Waals surface area contributed by atoms with Gasteiger partial charge < -0.3 is 10.2 Å². The molecule has 132 valence electrons. The lowest BCUT2D eigenvalue weighted by atomic mass is 9.93. The van der Waals surface area contributed by atoms with E-state index in [1.54, 1.807) is 0 Å². The summed E-state index contributed by atoms with van der Waals surface area (Å²) in [5.74, 6) is 1.63. The topological polar surface area (TPSA) is 58.1 Å². The molecule has 2 fully saturated rings. The Morgan fingerprint density at radius 3 is 2.67 bits per heavy atom. The number of rotatable bonds is 5. The Morgan fingerprint density at radius 2 is 1.96 bits per heavy atom. The molecule has 0 aromatic carbocycles. The molecule has 0 unspecified atom stereocenters. The van der Waals surface area contributed by atoms with Gasteiger partial charge >= 0.3 is 0 Å². The molecule has 0 spiro atoms. The molecule has 1 N–H and O–H groups in total. The smallest absolute Gasteiger partial charge is 0.221 e. The van der Waals surface area contributed by atoms with Crippen molar-refractivity contribution in [3.63, 3.8) is 0 Å². The van der Waals surface area contributed by atoms with E-state index in [-0.39, 0.29) is 5.91 Å². The van der Waals surface area contributed by atoms with Crippen molar-refractivity contribution < 1.29 is 4.79 Å². The second-order valence-electron chi connectivity index (χ2n) is 7.30. The van der Waals surface area contributed by atoms with Gasteiger partial charge in [-0.1, -0.05) is 19.3 Å². The molecule has 1 saturated carbocycles. The van der Waals surface area contributed by atoms with Crippen LogP contribution < -0.4 is 5.32 Å². The van der Waals surface area contributed by atoms with Crippen molar-refractivity contribution in [2.45, 2.75) is 70.3 Å². The zero-order valence-corrected chi connectivity index (χ0v) is 14.8. The average molecular weight is 330 g/mol.